The molecule has 0 radical (unpaired) electrons. The summed E-state index contributed by atoms with van der Waals surface area (Å²) in [6.45, 7) is 2.15. The predicted molar refractivity (Wildman–Crippen MR) is 73.6 cm³/mol. The van der Waals surface area contributed by atoms with Crippen LogP contribution < -0.4 is 0 Å². The molecule has 0 amide bonds. The normalized spacial score (nSPS) is 17.8. The smallest absolute Gasteiger partial charge is 0.131 e. The van der Waals surface area contributed by atoms with Crippen LogP contribution in [-0.2, 0) is 0 Å². The topological polar surface area (TPSA) is 25.8 Å². The van der Waals surface area contributed by atoms with Crippen LogP contribution in [-0.4, -0.2) is 21.7 Å². The van der Waals surface area contributed by atoms with Gasteiger partial charge in [0.1, 0.15) is 0 Å². The second-order valence-electron chi connectivity index (χ2n) is 4.08. The third-order valence-electron chi connectivity index (χ3n) is 2.82. The highest BCUT2D eigenvalue weighted by molar-refractivity contribution is 8.03. The average molecular weight is 274 g/mol. The van der Waals surface area contributed by atoms with E-state index in [2.05, 4.69) is 17.1 Å². The molecule has 1 aliphatic rings. The van der Waals surface area contributed by atoms with Gasteiger partial charge >= 0.3 is 0 Å². The van der Waals surface area contributed by atoms with Gasteiger partial charge in [-0.15, -0.1) is 10.2 Å². The van der Waals surface area contributed by atoms with Crippen LogP contribution in [0.2, 0.25) is 0 Å². The van der Waals surface area contributed by atoms with Gasteiger partial charge in [0.2, 0.25) is 0 Å². The Bertz CT molecular complexity index is 308. The molecule has 1 saturated carbocycles. The highest BCUT2D eigenvalue weighted by Crippen LogP contribution is 2.33. The molecule has 0 aromatic carbocycles. The summed E-state index contributed by atoms with van der Waals surface area (Å²) in [4.78, 5) is 0. The van der Waals surface area contributed by atoms with Gasteiger partial charge in [-0.1, -0.05) is 61.0 Å². The molecule has 0 aliphatic heterocycles. The van der Waals surface area contributed by atoms with Crippen molar-refractivity contribution in [2.45, 2.75) is 47.7 Å². The van der Waals surface area contributed by atoms with E-state index in [1.165, 1.54) is 37.9 Å². The van der Waals surface area contributed by atoms with Crippen molar-refractivity contribution in [2.24, 2.45) is 5.92 Å². The average Bonchev–Trinajstić information content (AvgIpc) is 2.76. The largest absolute Gasteiger partial charge is 0.175 e. The summed E-state index contributed by atoms with van der Waals surface area (Å²) in [5, 5.41) is 8.41. The van der Waals surface area contributed by atoms with Crippen LogP contribution in [0.5, 0.6) is 0 Å². The van der Waals surface area contributed by atoms with Crippen molar-refractivity contribution in [3.05, 3.63) is 0 Å². The molecule has 1 fully saturated rings. The van der Waals surface area contributed by atoms with Crippen LogP contribution >= 0.6 is 34.9 Å². The van der Waals surface area contributed by atoms with Gasteiger partial charge in [0, 0.05) is 5.75 Å². The Balaban J connectivity index is 1.75. The van der Waals surface area contributed by atoms with Crippen LogP contribution in [0.1, 0.15) is 39.0 Å². The number of rotatable bonds is 5. The van der Waals surface area contributed by atoms with E-state index in [4.69, 9.17) is 0 Å². The van der Waals surface area contributed by atoms with Gasteiger partial charge < -0.3 is 0 Å². The van der Waals surface area contributed by atoms with Crippen molar-refractivity contribution < 1.29 is 0 Å². The van der Waals surface area contributed by atoms with Crippen LogP contribution in [0.3, 0.4) is 0 Å². The molecule has 1 aromatic heterocycles. The Kier molecular flexibility index (Phi) is 5.45. The third kappa shape index (κ3) is 3.93. The van der Waals surface area contributed by atoms with Crippen LogP contribution in [0.15, 0.2) is 8.68 Å². The molecule has 0 unspecified atom stereocenters. The number of thioether (sulfide) groups is 2. The monoisotopic (exact) mass is 274 g/mol. The number of aromatic nitrogens is 2. The lowest BCUT2D eigenvalue weighted by Crippen LogP contribution is -2.08. The van der Waals surface area contributed by atoms with E-state index >= 15 is 0 Å². The van der Waals surface area contributed by atoms with Crippen molar-refractivity contribution in [3.63, 3.8) is 0 Å². The van der Waals surface area contributed by atoms with Gasteiger partial charge in [-0.25, -0.2) is 0 Å². The molecule has 1 heterocycles. The Morgan fingerprint density at radius 1 is 1.12 bits per heavy atom. The quantitative estimate of drug-likeness (QED) is 0.747. The molecule has 1 aliphatic carbocycles. The highest BCUT2D eigenvalue weighted by atomic mass is 32.2. The zero-order chi connectivity index (χ0) is 11.2. The van der Waals surface area contributed by atoms with Gasteiger partial charge in [-0.3, -0.25) is 0 Å². The predicted octanol–water partition coefficient (Wildman–Crippen LogP) is 4.32. The molecular weight excluding hydrogens is 256 g/mol. The molecular formula is C11H18N2S3. The highest BCUT2D eigenvalue weighted by Gasteiger charge is 2.14. The molecule has 1 aromatic rings. The van der Waals surface area contributed by atoms with E-state index in [0.717, 1.165) is 20.4 Å². The summed E-state index contributed by atoms with van der Waals surface area (Å²) in [6, 6.07) is 0. The van der Waals surface area contributed by atoms with Gasteiger partial charge in [0.25, 0.3) is 0 Å². The summed E-state index contributed by atoms with van der Waals surface area (Å²) in [5.41, 5.74) is 0. The molecule has 0 saturated heterocycles. The fourth-order valence-corrected chi connectivity index (χ4v) is 5.11. The molecule has 16 heavy (non-hydrogen) atoms. The van der Waals surface area contributed by atoms with E-state index < -0.39 is 0 Å². The van der Waals surface area contributed by atoms with Crippen molar-refractivity contribution in [1.29, 1.82) is 0 Å². The number of hydrogen-bond donors (Lipinski definition) is 0. The third-order valence-corrected chi connectivity index (χ3v) is 6.13. The lowest BCUT2D eigenvalue weighted by Gasteiger charge is -2.20. The fraction of sp³-hybridized carbons (Fsp3) is 0.818. The second kappa shape index (κ2) is 6.87. The molecule has 0 spiro atoms. The van der Waals surface area contributed by atoms with Gasteiger partial charge in [-0.05, 0) is 24.5 Å². The van der Waals surface area contributed by atoms with E-state index in [0.29, 0.717) is 0 Å². The molecule has 2 rings (SSSR count). The maximum atomic E-state index is 4.23. The first-order valence-electron chi connectivity index (χ1n) is 5.97. The van der Waals surface area contributed by atoms with Gasteiger partial charge in [-0.2, -0.15) is 0 Å². The minimum Gasteiger partial charge on any atom is -0.131 e. The minimum atomic E-state index is 0.921. The number of nitrogens with zero attached hydrogens (tertiary/aromatic N) is 2. The van der Waals surface area contributed by atoms with Crippen molar-refractivity contribution >= 4 is 34.9 Å². The molecule has 90 valence electrons. The Hall–Kier alpha value is 0.260. The standard InChI is InChI=1S/C11H18N2S3/c1-2-14-10-12-13-11(16-10)15-8-9-6-4-3-5-7-9/h9H,2-8H2,1H3. The summed E-state index contributed by atoms with van der Waals surface area (Å²) in [6.07, 6.45) is 7.14. The van der Waals surface area contributed by atoms with Crippen molar-refractivity contribution in [1.82, 2.24) is 10.2 Å². The first-order valence-corrected chi connectivity index (χ1v) is 8.76. The summed E-state index contributed by atoms with van der Waals surface area (Å²) >= 11 is 5.44. The zero-order valence-electron chi connectivity index (χ0n) is 9.65. The van der Waals surface area contributed by atoms with Crippen LogP contribution in [0.4, 0.5) is 0 Å². The Morgan fingerprint density at radius 3 is 2.50 bits per heavy atom. The maximum Gasteiger partial charge on any atom is 0.175 e. The maximum absolute atomic E-state index is 4.23. The SMILES string of the molecule is CCSc1nnc(SCC2CCCCC2)s1. The van der Waals surface area contributed by atoms with E-state index in [1.807, 2.05) is 11.8 Å². The van der Waals surface area contributed by atoms with Crippen molar-refractivity contribution in [2.75, 3.05) is 11.5 Å². The van der Waals surface area contributed by atoms with E-state index in [1.54, 1.807) is 23.1 Å². The van der Waals surface area contributed by atoms with E-state index in [9.17, 15) is 0 Å². The second-order valence-corrected chi connectivity index (χ2v) is 7.84. The number of hydrogen-bond acceptors (Lipinski definition) is 5. The first-order chi connectivity index (χ1) is 7.88. The summed E-state index contributed by atoms with van der Waals surface area (Å²) in [7, 11) is 0. The minimum absolute atomic E-state index is 0.921. The summed E-state index contributed by atoms with van der Waals surface area (Å²) in [5.74, 6) is 3.25. The van der Waals surface area contributed by atoms with Gasteiger partial charge in [0.05, 0.1) is 0 Å². The Morgan fingerprint density at radius 2 is 1.81 bits per heavy atom. The molecule has 5 heteroatoms. The van der Waals surface area contributed by atoms with Crippen LogP contribution in [0.25, 0.3) is 0 Å². The lowest BCUT2D eigenvalue weighted by molar-refractivity contribution is 0.391. The van der Waals surface area contributed by atoms with Gasteiger partial charge in [0.15, 0.2) is 8.68 Å². The fourth-order valence-electron chi connectivity index (χ4n) is 1.98. The summed E-state index contributed by atoms with van der Waals surface area (Å²) < 4.78 is 2.27. The van der Waals surface area contributed by atoms with Crippen molar-refractivity contribution in [3.8, 4) is 0 Å². The van der Waals surface area contributed by atoms with E-state index in [-0.39, 0.29) is 0 Å². The zero-order valence-corrected chi connectivity index (χ0v) is 12.1. The molecule has 0 bridgehead atoms. The molecule has 2 nitrogen and oxygen atoms in total. The molecule has 0 N–H and O–H groups in total. The van der Waals surface area contributed by atoms with Crippen LogP contribution in [0, 0.1) is 5.92 Å². The first kappa shape index (κ1) is 12.7. The lowest BCUT2D eigenvalue weighted by atomic mass is 9.91. The molecule has 0 atom stereocenters. The Labute approximate surface area is 110 Å².